The maximum atomic E-state index is 12.1. The van der Waals surface area contributed by atoms with Gasteiger partial charge in [0.15, 0.2) is 0 Å². The minimum Gasteiger partial charge on any atom is -0.399 e. The molecule has 2 aromatic carbocycles. The zero-order chi connectivity index (χ0) is 13.7. The highest BCUT2D eigenvalue weighted by Gasteiger charge is 2.09. The van der Waals surface area contributed by atoms with Crippen molar-refractivity contribution >= 4 is 17.3 Å². The average Bonchev–Trinajstić information content (AvgIpc) is 2.46. The molecule has 0 saturated carbocycles. The lowest BCUT2D eigenvalue weighted by Crippen LogP contribution is -2.42. The van der Waals surface area contributed by atoms with Crippen LogP contribution in [0, 0.1) is 0 Å². The zero-order valence-electron chi connectivity index (χ0n) is 10.8. The summed E-state index contributed by atoms with van der Waals surface area (Å²) < 4.78 is 0. The smallest absolute Gasteiger partial charge is 0.269 e. The van der Waals surface area contributed by atoms with Crippen molar-refractivity contribution in [2.24, 2.45) is 0 Å². The van der Waals surface area contributed by atoms with Gasteiger partial charge in [-0.05, 0) is 43.3 Å². The molecule has 0 bridgehead atoms. The molecule has 1 amide bonds. The molecule has 0 aliphatic rings. The van der Waals surface area contributed by atoms with Gasteiger partial charge in [0.1, 0.15) is 0 Å². The molecule has 2 aromatic rings. The Kier molecular flexibility index (Phi) is 4.03. The lowest BCUT2D eigenvalue weighted by molar-refractivity contribution is 0.0949. The highest BCUT2D eigenvalue weighted by Crippen LogP contribution is 2.14. The summed E-state index contributed by atoms with van der Waals surface area (Å²) in [5, 5.41) is 1.79. The van der Waals surface area contributed by atoms with Crippen molar-refractivity contribution in [2.45, 2.75) is 6.92 Å². The van der Waals surface area contributed by atoms with E-state index < -0.39 is 0 Å². The molecule has 3 N–H and O–H groups in total. The number of hydrazine groups is 1. The Morgan fingerprint density at radius 1 is 1.11 bits per heavy atom. The summed E-state index contributed by atoms with van der Waals surface area (Å²) in [6.07, 6.45) is 0. The number of carbonyl (C=O) groups is 1. The van der Waals surface area contributed by atoms with Gasteiger partial charge in [-0.25, -0.2) is 0 Å². The molecule has 0 spiro atoms. The SMILES string of the molecule is CCN(NC(=O)c1ccccc1)c1ccc(N)cc1. The van der Waals surface area contributed by atoms with E-state index >= 15 is 0 Å². The summed E-state index contributed by atoms with van der Waals surface area (Å²) in [7, 11) is 0. The summed E-state index contributed by atoms with van der Waals surface area (Å²) in [5.74, 6) is -0.126. The van der Waals surface area contributed by atoms with E-state index in [1.807, 2.05) is 49.4 Å². The maximum Gasteiger partial charge on any atom is 0.269 e. The lowest BCUT2D eigenvalue weighted by atomic mass is 10.2. The van der Waals surface area contributed by atoms with E-state index in [0.717, 1.165) is 5.69 Å². The Hall–Kier alpha value is -2.49. The van der Waals surface area contributed by atoms with Gasteiger partial charge in [0.25, 0.3) is 5.91 Å². The largest absolute Gasteiger partial charge is 0.399 e. The number of anilines is 2. The van der Waals surface area contributed by atoms with Crippen LogP contribution in [0.1, 0.15) is 17.3 Å². The lowest BCUT2D eigenvalue weighted by Gasteiger charge is -2.23. The molecule has 2 rings (SSSR count). The van der Waals surface area contributed by atoms with Crippen LogP contribution in [-0.4, -0.2) is 12.5 Å². The molecule has 0 saturated heterocycles. The molecule has 0 unspecified atom stereocenters. The van der Waals surface area contributed by atoms with Crippen molar-refractivity contribution in [3.05, 3.63) is 60.2 Å². The summed E-state index contributed by atoms with van der Waals surface area (Å²) in [6, 6.07) is 16.5. The standard InChI is InChI=1S/C15H17N3O/c1-2-18(14-10-8-13(16)9-11-14)17-15(19)12-6-4-3-5-7-12/h3-11H,2,16H2,1H3,(H,17,19). The molecule has 0 aromatic heterocycles. The van der Waals surface area contributed by atoms with Crippen LogP contribution in [0.5, 0.6) is 0 Å². The number of nitrogens with one attached hydrogen (secondary N) is 1. The quantitative estimate of drug-likeness (QED) is 0.651. The van der Waals surface area contributed by atoms with Crippen LogP contribution in [0.2, 0.25) is 0 Å². The van der Waals surface area contributed by atoms with Gasteiger partial charge < -0.3 is 5.73 Å². The minimum absolute atomic E-state index is 0.126. The average molecular weight is 255 g/mol. The van der Waals surface area contributed by atoms with Crippen molar-refractivity contribution in [3.8, 4) is 0 Å². The normalized spacial score (nSPS) is 9.95. The fraction of sp³-hybridized carbons (Fsp3) is 0.133. The Balaban J connectivity index is 2.11. The van der Waals surface area contributed by atoms with E-state index in [4.69, 9.17) is 5.73 Å². The highest BCUT2D eigenvalue weighted by atomic mass is 16.2. The van der Waals surface area contributed by atoms with Crippen LogP contribution in [0.4, 0.5) is 11.4 Å². The molecule has 0 aliphatic carbocycles. The molecule has 0 atom stereocenters. The summed E-state index contributed by atoms with van der Waals surface area (Å²) in [6.45, 7) is 2.64. The molecule has 98 valence electrons. The number of nitrogens with two attached hydrogens (primary N) is 1. The first kappa shape index (κ1) is 13.0. The van der Waals surface area contributed by atoms with Gasteiger partial charge in [-0.2, -0.15) is 0 Å². The van der Waals surface area contributed by atoms with E-state index in [0.29, 0.717) is 17.8 Å². The second-order valence-corrected chi connectivity index (χ2v) is 4.14. The van der Waals surface area contributed by atoms with Crippen molar-refractivity contribution < 1.29 is 4.79 Å². The molecular weight excluding hydrogens is 238 g/mol. The Labute approximate surface area is 112 Å². The number of benzene rings is 2. The topological polar surface area (TPSA) is 58.4 Å². The number of amides is 1. The number of nitrogens with zero attached hydrogens (tertiary/aromatic N) is 1. The van der Waals surface area contributed by atoms with E-state index in [-0.39, 0.29) is 5.91 Å². The Morgan fingerprint density at radius 2 is 1.74 bits per heavy atom. The molecule has 19 heavy (non-hydrogen) atoms. The van der Waals surface area contributed by atoms with Gasteiger partial charge in [-0.1, -0.05) is 18.2 Å². The van der Waals surface area contributed by atoms with E-state index in [9.17, 15) is 4.79 Å². The van der Waals surface area contributed by atoms with Crippen molar-refractivity contribution in [3.63, 3.8) is 0 Å². The monoisotopic (exact) mass is 255 g/mol. The van der Waals surface area contributed by atoms with Crippen molar-refractivity contribution in [1.29, 1.82) is 0 Å². The number of hydrogen-bond acceptors (Lipinski definition) is 3. The number of rotatable bonds is 4. The molecule has 0 heterocycles. The van der Waals surface area contributed by atoms with Crippen LogP contribution in [0.25, 0.3) is 0 Å². The molecule has 4 nitrogen and oxygen atoms in total. The van der Waals surface area contributed by atoms with E-state index in [1.54, 1.807) is 17.1 Å². The Bertz CT molecular complexity index is 537. The first-order chi connectivity index (χ1) is 9.20. The van der Waals surface area contributed by atoms with E-state index in [1.165, 1.54) is 0 Å². The number of hydrogen-bond donors (Lipinski definition) is 2. The van der Waals surface area contributed by atoms with Gasteiger partial charge in [-0.3, -0.25) is 15.2 Å². The molecule has 0 fully saturated rings. The van der Waals surface area contributed by atoms with Crippen LogP contribution < -0.4 is 16.2 Å². The van der Waals surface area contributed by atoms with E-state index in [2.05, 4.69) is 5.43 Å². The van der Waals surface area contributed by atoms with Crippen LogP contribution in [-0.2, 0) is 0 Å². The third-order valence-electron chi connectivity index (χ3n) is 2.79. The first-order valence-corrected chi connectivity index (χ1v) is 6.20. The fourth-order valence-corrected chi connectivity index (χ4v) is 1.76. The highest BCUT2D eigenvalue weighted by molar-refractivity contribution is 5.95. The fourth-order valence-electron chi connectivity index (χ4n) is 1.76. The van der Waals surface area contributed by atoms with Gasteiger partial charge in [-0.15, -0.1) is 0 Å². The minimum atomic E-state index is -0.126. The molecular formula is C15H17N3O. The Morgan fingerprint density at radius 3 is 2.32 bits per heavy atom. The maximum absolute atomic E-state index is 12.1. The van der Waals surface area contributed by atoms with Crippen molar-refractivity contribution in [2.75, 3.05) is 17.3 Å². The third kappa shape index (κ3) is 3.25. The number of carbonyl (C=O) groups excluding carboxylic acids is 1. The van der Waals surface area contributed by atoms with Crippen LogP contribution >= 0.6 is 0 Å². The molecule has 0 aliphatic heterocycles. The predicted octanol–water partition coefficient (Wildman–Crippen LogP) is 2.44. The first-order valence-electron chi connectivity index (χ1n) is 6.20. The van der Waals surface area contributed by atoms with Gasteiger partial charge >= 0.3 is 0 Å². The second-order valence-electron chi connectivity index (χ2n) is 4.14. The third-order valence-corrected chi connectivity index (χ3v) is 2.79. The number of nitrogen functional groups attached to an aromatic ring is 1. The summed E-state index contributed by atoms with van der Waals surface area (Å²) in [4.78, 5) is 12.1. The summed E-state index contributed by atoms with van der Waals surface area (Å²) in [5.41, 5.74) is 10.8. The predicted molar refractivity (Wildman–Crippen MR) is 77.8 cm³/mol. The molecule has 4 heteroatoms. The van der Waals surface area contributed by atoms with Crippen LogP contribution in [0.15, 0.2) is 54.6 Å². The zero-order valence-corrected chi connectivity index (χ0v) is 10.8. The molecule has 0 radical (unpaired) electrons. The van der Waals surface area contributed by atoms with Crippen LogP contribution in [0.3, 0.4) is 0 Å². The van der Waals surface area contributed by atoms with Gasteiger partial charge in [0.05, 0.1) is 5.69 Å². The second kappa shape index (κ2) is 5.91. The summed E-state index contributed by atoms with van der Waals surface area (Å²) >= 11 is 0. The van der Waals surface area contributed by atoms with Gasteiger partial charge in [0, 0.05) is 17.8 Å². The van der Waals surface area contributed by atoms with Crippen molar-refractivity contribution in [1.82, 2.24) is 5.43 Å². The van der Waals surface area contributed by atoms with Gasteiger partial charge in [0.2, 0.25) is 0 Å².